The van der Waals surface area contributed by atoms with Crippen molar-refractivity contribution in [3.05, 3.63) is 41.3 Å². The molecule has 2 rings (SSSR count). The van der Waals surface area contributed by atoms with Crippen LogP contribution in [0.5, 0.6) is 5.75 Å². The number of ether oxygens (including phenoxy) is 2. The van der Waals surface area contributed by atoms with Crippen molar-refractivity contribution in [2.75, 3.05) is 21.2 Å². The van der Waals surface area contributed by atoms with Gasteiger partial charge in [-0.3, -0.25) is 0 Å². The zero-order valence-electron chi connectivity index (χ0n) is 14.6. The van der Waals surface area contributed by atoms with Crippen molar-refractivity contribution in [2.24, 2.45) is 0 Å². The Morgan fingerprint density at radius 3 is 2.48 bits per heavy atom. The van der Waals surface area contributed by atoms with Crippen LogP contribution in [0.3, 0.4) is 0 Å². The Hall–Kier alpha value is -2.39. The lowest BCUT2D eigenvalue weighted by atomic mass is 10.2. The van der Waals surface area contributed by atoms with Gasteiger partial charge in [0, 0.05) is 20.2 Å². The number of sulfonamides is 1. The van der Waals surface area contributed by atoms with Crippen LogP contribution >= 0.6 is 0 Å². The Labute approximate surface area is 146 Å². The minimum atomic E-state index is -3.78. The molecular weight excluding hydrogens is 348 g/mol. The van der Waals surface area contributed by atoms with E-state index in [9.17, 15) is 13.2 Å². The summed E-state index contributed by atoms with van der Waals surface area (Å²) in [7, 11) is 0.374. The average molecular weight is 368 g/mol. The molecule has 1 heterocycles. The molecule has 1 aromatic carbocycles. The lowest BCUT2D eigenvalue weighted by Crippen LogP contribution is -2.23. The highest BCUT2D eigenvalue weighted by Crippen LogP contribution is 2.28. The van der Waals surface area contributed by atoms with Crippen LogP contribution in [-0.4, -0.2) is 45.1 Å². The molecule has 0 aliphatic heterocycles. The summed E-state index contributed by atoms with van der Waals surface area (Å²) in [5.41, 5.74) is 0.564. The van der Waals surface area contributed by atoms with Gasteiger partial charge in [-0.2, -0.15) is 0 Å². The predicted molar refractivity (Wildman–Crippen MR) is 88.9 cm³/mol. The van der Waals surface area contributed by atoms with E-state index in [-0.39, 0.29) is 16.2 Å². The molecule has 0 amide bonds. The normalized spacial score (nSPS) is 12.9. The molecule has 1 atom stereocenters. The summed E-state index contributed by atoms with van der Waals surface area (Å²) in [5, 5.41) is 3.80. The van der Waals surface area contributed by atoms with Gasteiger partial charge in [-0.25, -0.2) is 17.5 Å². The summed E-state index contributed by atoms with van der Waals surface area (Å²) < 4.78 is 41.2. The van der Waals surface area contributed by atoms with Gasteiger partial charge in [-0.15, -0.1) is 0 Å². The number of hydrogen-bond donors (Lipinski definition) is 0. The summed E-state index contributed by atoms with van der Waals surface area (Å²) in [6, 6.07) is 5.75. The lowest BCUT2D eigenvalue weighted by molar-refractivity contribution is 0.0323. The van der Waals surface area contributed by atoms with Gasteiger partial charge >= 0.3 is 5.97 Å². The first-order valence-corrected chi connectivity index (χ1v) is 8.85. The summed E-state index contributed by atoms with van der Waals surface area (Å²) in [6.07, 6.45) is -0.638. The Morgan fingerprint density at radius 1 is 1.28 bits per heavy atom. The maximum absolute atomic E-state index is 12.4. The molecule has 2 aromatic rings. The smallest absolute Gasteiger partial charge is 0.338 e. The first kappa shape index (κ1) is 18.9. The third-order valence-electron chi connectivity index (χ3n) is 3.50. The highest BCUT2D eigenvalue weighted by Gasteiger charge is 2.25. The van der Waals surface area contributed by atoms with Crippen molar-refractivity contribution in [3.8, 4) is 5.75 Å². The molecule has 0 bridgehead atoms. The first-order chi connectivity index (χ1) is 11.7. The molecule has 0 aliphatic carbocycles. The summed E-state index contributed by atoms with van der Waals surface area (Å²) in [4.78, 5) is 12.2. The molecule has 0 spiro atoms. The highest BCUT2D eigenvalue weighted by molar-refractivity contribution is 7.89. The molecule has 0 aliphatic rings. The van der Waals surface area contributed by atoms with Crippen molar-refractivity contribution >= 4 is 16.0 Å². The minimum absolute atomic E-state index is 0.0910. The topological polar surface area (TPSA) is 98.9 Å². The van der Waals surface area contributed by atoms with E-state index >= 15 is 0 Å². The van der Waals surface area contributed by atoms with Crippen LogP contribution < -0.4 is 4.74 Å². The van der Waals surface area contributed by atoms with Gasteiger partial charge in [0.2, 0.25) is 10.0 Å². The molecule has 9 heteroatoms. The van der Waals surface area contributed by atoms with Crippen LogP contribution in [0, 0.1) is 6.92 Å². The van der Waals surface area contributed by atoms with Crippen molar-refractivity contribution in [1.29, 1.82) is 0 Å². The van der Waals surface area contributed by atoms with Gasteiger partial charge in [0.1, 0.15) is 28.2 Å². The zero-order valence-corrected chi connectivity index (χ0v) is 15.5. The number of nitrogens with zero attached hydrogens (tertiary/aromatic N) is 2. The lowest BCUT2D eigenvalue weighted by Gasteiger charge is -2.16. The number of aryl methyl sites for hydroxylation is 1. The summed E-state index contributed by atoms with van der Waals surface area (Å²) >= 11 is 0. The maximum atomic E-state index is 12.4. The molecular formula is C16H20N2O6S. The molecule has 0 fully saturated rings. The predicted octanol–water partition coefficient (Wildman–Crippen LogP) is 2.16. The van der Waals surface area contributed by atoms with Crippen LogP contribution in [0.2, 0.25) is 0 Å². The van der Waals surface area contributed by atoms with E-state index in [2.05, 4.69) is 5.16 Å². The van der Waals surface area contributed by atoms with Crippen LogP contribution in [0.1, 0.15) is 34.8 Å². The Balaban J connectivity index is 2.32. The number of esters is 1. The number of carbonyl (C=O) groups excluding carboxylic acids is 1. The Bertz CT molecular complexity index is 873. The van der Waals surface area contributed by atoms with E-state index in [1.165, 1.54) is 39.4 Å². The average Bonchev–Trinajstić information content (AvgIpc) is 3.00. The van der Waals surface area contributed by atoms with Crippen LogP contribution in [0.25, 0.3) is 0 Å². The Kier molecular flexibility index (Phi) is 5.48. The van der Waals surface area contributed by atoms with E-state index in [0.717, 1.165) is 4.31 Å². The van der Waals surface area contributed by atoms with Gasteiger partial charge < -0.3 is 14.0 Å². The second-order valence-corrected chi connectivity index (χ2v) is 7.68. The monoisotopic (exact) mass is 368 g/mol. The van der Waals surface area contributed by atoms with Crippen LogP contribution in [0.15, 0.2) is 33.7 Å². The van der Waals surface area contributed by atoms with Gasteiger partial charge in [-0.05, 0) is 32.0 Å². The van der Waals surface area contributed by atoms with Crippen molar-refractivity contribution in [1.82, 2.24) is 9.46 Å². The molecule has 25 heavy (non-hydrogen) atoms. The third kappa shape index (κ3) is 3.99. The third-order valence-corrected chi connectivity index (χ3v) is 5.34. The molecule has 8 nitrogen and oxygen atoms in total. The summed E-state index contributed by atoms with van der Waals surface area (Å²) in [5.74, 6) is 0.0677. The molecule has 0 radical (unpaired) electrons. The minimum Gasteiger partial charge on any atom is -0.495 e. The number of rotatable bonds is 6. The molecule has 136 valence electrons. The maximum Gasteiger partial charge on any atom is 0.338 e. The van der Waals surface area contributed by atoms with Crippen molar-refractivity contribution < 1.29 is 27.2 Å². The largest absolute Gasteiger partial charge is 0.495 e. The molecule has 1 aromatic heterocycles. The van der Waals surface area contributed by atoms with E-state index in [1.54, 1.807) is 19.9 Å². The van der Waals surface area contributed by atoms with E-state index in [0.29, 0.717) is 11.5 Å². The Morgan fingerprint density at radius 2 is 1.96 bits per heavy atom. The zero-order chi connectivity index (χ0) is 18.8. The van der Waals surface area contributed by atoms with Crippen LogP contribution in [0.4, 0.5) is 0 Å². The van der Waals surface area contributed by atoms with Gasteiger partial charge in [-0.1, -0.05) is 5.16 Å². The molecule has 0 saturated carbocycles. The number of benzene rings is 1. The number of methoxy groups -OCH3 is 1. The summed E-state index contributed by atoms with van der Waals surface area (Å²) in [6.45, 7) is 3.38. The van der Waals surface area contributed by atoms with Gasteiger partial charge in [0.15, 0.2) is 0 Å². The first-order valence-electron chi connectivity index (χ1n) is 7.41. The van der Waals surface area contributed by atoms with Crippen molar-refractivity contribution in [3.63, 3.8) is 0 Å². The quantitative estimate of drug-likeness (QED) is 0.720. The number of aromatic nitrogens is 1. The van der Waals surface area contributed by atoms with Crippen molar-refractivity contribution in [2.45, 2.75) is 24.8 Å². The fourth-order valence-corrected chi connectivity index (χ4v) is 3.14. The SMILES string of the molecule is COc1ccc(C(=O)OC(C)c2cc(C)on2)cc1S(=O)(=O)N(C)C. The van der Waals surface area contributed by atoms with Crippen LogP contribution in [-0.2, 0) is 14.8 Å². The number of carbonyl (C=O) groups is 1. The molecule has 0 saturated heterocycles. The van der Waals surface area contributed by atoms with E-state index in [4.69, 9.17) is 14.0 Å². The molecule has 0 N–H and O–H groups in total. The molecule has 1 unspecified atom stereocenters. The highest BCUT2D eigenvalue weighted by atomic mass is 32.2. The van der Waals surface area contributed by atoms with E-state index in [1.807, 2.05) is 0 Å². The standard InChI is InChI=1S/C16H20N2O6S/c1-10-8-13(17-24-10)11(2)23-16(19)12-6-7-14(22-5)15(9-12)25(20,21)18(3)4/h6-9,11H,1-5H3. The second-order valence-electron chi connectivity index (χ2n) is 5.56. The van der Waals surface area contributed by atoms with Gasteiger partial charge in [0.05, 0.1) is 12.7 Å². The van der Waals surface area contributed by atoms with E-state index < -0.39 is 22.1 Å². The fourth-order valence-electron chi connectivity index (χ4n) is 2.07. The second kappa shape index (κ2) is 7.24. The fraction of sp³-hybridized carbons (Fsp3) is 0.375. The van der Waals surface area contributed by atoms with Gasteiger partial charge in [0.25, 0.3) is 0 Å². The number of hydrogen-bond acceptors (Lipinski definition) is 7.